The van der Waals surface area contributed by atoms with Crippen LogP contribution in [0.1, 0.15) is 56.7 Å². The van der Waals surface area contributed by atoms with E-state index in [2.05, 4.69) is 36.1 Å². The topological polar surface area (TPSA) is 20.3 Å². The molecule has 1 aromatic rings. The van der Waals surface area contributed by atoms with Crippen LogP contribution in [0.4, 0.5) is 0 Å². The number of piperidine rings is 1. The Hall–Kier alpha value is -1.15. The molecule has 0 bridgehead atoms. The van der Waals surface area contributed by atoms with E-state index in [0.29, 0.717) is 0 Å². The fourth-order valence-electron chi connectivity index (χ4n) is 3.03. The van der Waals surface area contributed by atoms with Gasteiger partial charge in [0.25, 0.3) is 0 Å². The zero-order valence-corrected chi connectivity index (χ0v) is 12.2. The highest BCUT2D eigenvalue weighted by Gasteiger charge is 2.25. The fourth-order valence-corrected chi connectivity index (χ4v) is 3.03. The summed E-state index contributed by atoms with van der Waals surface area (Å²) in [6.07, 6.45) is 6.03. The lowest BCUT2D eigenvalue weighted by Gasteiger charge is -2.33. The van der Waals surface area contributed by atoms with E-state index in [1.807, 2.05) is 0 Å². The van der Waals surface area contributed by atoms with E-state index in [4.69, 9.17) is 0 Å². The van der Waals surface area contributed by atoms with E-state index in [1.165, 1.54) is 31.2 Å². The minimum atomic E-state index is -0.0315. The van der Waals surface area contributed by atoms with Crippen molar-refractivity contribution in [3.8, 4) is 0 Å². The van der Waals surface area contributed by atoms with Crippen LogP contribution in [-0.2, 0) is 11.2 Å². The summed E-state index contributed by atoms with van der Waals surface area (Å²) < 4.78 is 0. The van der Waals surface area contributed by atoms with Crippen molar-refractivity contribution in [3.63, 3.8) is 0 Å². The molecule has 0 radical (unpaired) electrons. The molecule has 1 aliphatic rings. The Morgan fingerprint density at radius 2 is 1.79 bits per heavy atom. The van der Waals surface area contributed by atoms with Gasteiger partial charge in [0, 0.05) is 0 Å². The monoisotopic (exact) mass is 259 g/mol. The molecule has 0 aliphatic carbocycles. The molecule has 19 heavy (non-hydrogen) atoms. The van der Waals surface area contributed by atoms with E-state index >= 15 is 0 Å². The van der Waals surface area contributed by atoms with Gasteiger partial charge >= 0.3 is 0 Å². The molecule has 104 valence electrons. The van der Waals surface area contributed by atoms with E-state index in [-0.39, 0.29) is 11.8 Å². The Morgan fingerprint density at radius 3 is 2.32 bits per heavy atom. The SMILES string of the molecule is CCCc1ccc(C(C(C)=O)N2CCCCC2)cc1. The molecule has 2 rings (SSSR count). The van der Waals surface area contributed by atoms with Crippen molar-refractivity contribution in [3.05, 3.63) is 35.4 Å². The highest BCUT2D eigenvalue weighted by molar-refractivity contribution is 5.83. The number of aryl methyl sites for hydroxylation is 1. The summed E-state index contributed by atoms with van der Waals surface area (Å²) in [5, 5.41) is 0. The second-order valence-corrected chi connectivity index (χ2v) is 5.60. The van der Waals surface area contributed by atoms with Crippen LogP contribution in [0, 0.1) is 0 Å². The highest BCUT2D eigenvalue weighted by Crippen LogP contribution is 2.26. The number of carbonyl (C=O) groups is 1. The van der Waals surface area contributed by atoms with Gasteiger partial charge in [0.15, 0.2) is 5.78 Å². The van der Waals surface area contributed by atoms with Gasteiger partial charge in [-0.1, -0.05) is 44.0 Å². The normalized spacial score (nSPS) is 18.2. The highest BCUT2D eigenvalue weighted by atomic mass is 16.1. The molecule has 0 amide bonds. The Labute approximate surface area is 116 Å². The number of Topliss-reactive ketones (excluding diaryl/α,β-unsaturated/α-hetero) is 1. The molecular formula is C17H25NO. The van der Waals surface area contributed by atoms with Crippen molar-refractivity contribution in [1.82, 2.24) is 4.90 Å². The largest absolute Gasteiger partial charge is 0.298 e. The second kappa shape index (κ2) is 6.85. The fraction of sp³-hybridized carbons (Fsp3) is 0.588. The summed E-state index contributed by atoms with van der Waals surface area (Å²) in [5.41, 5.74) is 2.53. The Kier molecular flexibility index (Phi) is 5.15. The van der Waals surface area contributed by atoms with Crippen molar-refractivity contribution >= 4 is 5.78 Å². The van der Waals surface area contributed by atoms with Gasteiger partial charge in [-0.25, -0.2) is 0 Å². The van der Waals surface area contributed by atoms with Crippen LogP contribution in [0.15, 0.2) is 24.3 Å². The summed E-state index contributed by atoms with van der Waals surface area (Å²) in [5.74, 6) is 0.269. The van der Waals surface area contributed by atoms with Crippen molar-refractivity contribution < 1.29 is 4.79 Å². The zero-order chi connectivity index (χ0) is 13.7. The number of likely N-dealkylation sites (tertiary alicyclic amines) is 1. The third kappa shape index (κ3) is 3.66. The van der Waals surface area contributed by atoms with Gasteiger partial charge in [-0.15, -0.1) is 0 Å². The zero-order valence-electron chi connectivity index (χ0n) is 12.2. The first-order chi connectivity index (χ1) is 9.22. The predicted molar refractivity (Wildman–Crippen MR) is 79.3 cm³/mol. The molecule has 1 atom stereocenters. The van der Waals surface area contributed by atoms with E-state index in [1.54, 1.807) is 6.92 Å². The number of carbonyl (C=O) groups excluding carboxylic acids is 1. The molecule has 0 N–H and O–H groups in total. The molecular weight excluding hydrogens is 234 g/mol. The molecule has 1 heterocycles. The summed E-state index contributed by atoms with van der Waals surface area (Å²) in [6.45, 7) is 6.03. The molecule has 2 heteroatoms. The number of ketones is 1. The van der Waals surface area contributed by atoms with Crippen molar-refractivity contribution in [2.24, 2.45) is 0 Å². The maximum absolute atomic E-state index is 12.0. The van der Waals surface area contributed by atoms with Crippen LogP contribution in [0.5, 0.6) is 0 Å². The number of nitrogens with zero attached hydrogens (tertiary/aromatic N) is 1. The maximum Gasteiger partial charge on any atom is 0.151 e. The van der Waals surface area contributed by atoms with Gasteiger partial charge in [-0.05, 0) is 50.4 Å². The molecule has 1 aliphatic heterocycles. The summed E-state index contributed by atoms with van der Waals surface area (Å²) >= 11 is 0. The Balaban J connectivity index is 2.15. The molecule has 0 aromatic heterocycles. The number of hydrogen-bond acceptors (Lipinski definition) is 2. The van der Waals surface area contributed by atoms with Crippen LogP contribution in [0.25, 0.3) is 0 Å². The number of rotatable bonds is 5. The molecule has 0 saturated carbocycles. The van der Waals surface area contributed by atoms with E-state index in [0.717, 1.165) is 25.1 Å². The first-order valence-electron chi connectivity index (χ1n) is 7.55. The first kappa shape index (κ1) is 14.3. The smallest absolute Gasteiger partial charge is 0.151 e. The second-order valence-electron chi connectivity index (χ2n) is 5.60. The third-order valence-corrected chi connectivity index (χ3v) is 3.98. The molecule has 1 aromatic carbocycles. The molecule has 1 saturated heterocycles. The van der Waals surface area contributed by atoms with Crippen molar-refractivity contribution in [2.75, 3.05) is 13.1 Å². The van der Waals surface area contributed by atoms with Gasteiger partial charge in [-0.2, -0.15) is 0 Å². The predicted octanol–water partition coefficient (Wildman–Crippen LogP) is 3.76. The molecule has 2 nitrogen and oxygen atoms in total. The Morgan fingerprint density at radius 1 is 1.16 bits per heavy atom. The van der Waals surface area contributed by atoms with E-state index in [9.17, 15) is 4.79 Å². The van der Waals surface area contributed by atoms with Crippen LogP contribution >= 0.6 is 0 Å². The third-order valence-electron chi connectivity index (χ3n) is 3.98. The molecule has 1 fully saturated rings. The van der Waals surface area contributed by atoms with Gasteiger partial charge in [-0.3, -0.25) is 9.69 Å². The lowest BCUT2D eigenvalue weighted by molar-refractivity contribution is -0.122. The minimum Gasteiger partial charge on any atom is -0.298 e. The number of hydrogen-bond donors (Lipinski definition) is 0. The average molecular weight is 259 g/mol. The van der Waals surface area contributed by atoms with Crippen molar-refractivity contribution in [1.29, 1.82) is 0 Å². The van der Waals surface area contributed by atoms with Crippen LogP contribution in [0.2, 0.25) is 0 Å². The minimum absolute atomic E-state index is 0.0315. The summed E-state index contributed by atoms with van der Waals surface area (Å²) in [7, 11) is 0. The van der Waals surface area contributed by atoms with Crippen LogP contribution in [0.3, 0.4) is 0 Å². The van der Waals surface area contributed by atoms with Crippen LogP contribution in [-0.4, -0.2) is 23.8 Å². The first-order valence-corrected chi connectivity index (χ1v) is 7.55. The lowest BCUT2D eigenvalue weighted by atomic mass is 9.97. The maximum atomic E-state index is 12.0. The van der Waals surface area contributed by atoms with Gasteiger partial charge in [0.2, 0.25) is 0 Å². The summed E-state index contributed by atoms with van der Waals surface area (Å²) in [4.78, 5) is 14.4. The van der Waals surface area contributed by atoms with Gasteiger partial charge in [0.1, 0.15) is 0 Å². The summed E-state index contributed by atoms with van der Waals surface area (Å²) in [6, 6.07) is 8.62. The molecule has 0 spiro atoms. The van der Waals surface area contributed by atoms with E-state index < -0.39 is 0 Å². The standard InChI is InChI=1S/C17H25NO/c1-3-7-15-8-10-16(11-9-15)17(14(2)19)18-12-5-4-6-13-18/h8-11,17H,3-7,12-13H2,1-2H3. The molecule has 1 unspecified atom stereocenters. The number of benzene rings is 1. The lowest BCUT2D eigenvalue weighted by Crippen LogP contribution is -2.37. The van der Waals surface area contributed by atoms with Gasteiger partial charge in [0.05, 0.1) is 6.04 Å². The van der Waals surface area contributed by atoms with Crippen molar-refractivity contribution in [2.45, 2.75) is 52.0 Å². The van der Waals surface area contributed by atoms with Gasteiger partial charge < -0.3 is 0 Å². The average Bonchev–Trinajstić information content (AvgIpc) is 2.42. The Bertz CT molecular complexity index is 404. The van der Waals surface area contributed by atoms with Crippen LogP contribution < -0.4 is 0 Å². The quantitative estimate of drug-likeness (QED) is 0.802.